The molecule has 0 unspecified atom stereocenters. The molecule has 0 saturated heterocycles. The first-order valence-corrected chi connectivity index (χ1v) is 7.55. The van der Waals surface area contributed by atoms with E-state index in [-0.39, 0.29) is 5.91 Å². The number of carbonyl (C=O) groups is 1. The second-order valence-corrected chi connectivity index (χ2v) is 5.06. The van der Waals surface area contributed by atoms with Gasteiger partial charge in [-0.1, -0.05) is 30.3 Å². The van der Waals surface area contributed by atoms with Crippen LogP contribution in [0.5, 0.6) is 0 Å². The number of hydrogen-bond acceptors (Lipinski definition) is 4. The van der Waals surface area contributed by atoms with Crippen LogP contribution in [0.2, 0.25) is 0 Å². The molecule has 0 aliphatic rings. The molecule has 0 fully saturated rings. The summed E-state index contributed by atoms with van der Waals surface area (Å²) in [7, 11) is 0. The molecule has 0 bridgehead atoms. The second-order valence-electron chi connectivity index (χ2n) is 4.20. The predicted octanol–water partition coefficient (Wildman–Crippen LogP) is 2.97. The largest absolute Gasteiger partial charge is 0.382 e. The summed E-state index contributed by atoms with van der Waals surface area (Å²) in [6.07, 6.45) is 0.819. The molecule has 1 N–H and O–H groups in total. The van der Waals surface area contributed by atoms with Crippen LogP contribution < -0.4 is 5.32 Å². The molecule has 20 heavy (non-hydrogen) atoms. The van der Waals surface area contributed by atoms with Gasteiger partial charge in [-0.2, -0.15) is 0 Å². The van der Waals surface area contributed by atoms with Crippen LogP contribution in [-0.2, 0) is 4.74 Å². The summed E-state index contributed by atoms with van der Waals surface area (Å²) in [5.41, 5.74) is 3.42. The van der Waals surface area contributed by atoms with E-state index in [0.29, 0.717) is 24.6 Å². The topological polar surface area (TPSA) is 51.2 Å². The summed E-state index contributed by atoms with van der Waals surface area (Å²) >= 11 is 1.37. The molecule has 0 radical (unpaired) electrons. The van der Waals surface area contributed by atoms with Crippen molar-refractivity contribution < 1.29 is 9.53 Å². The van der Waals surface area contributed by atoms with E-state index < -0.39 is 0 Å². The van der Waals surface area contributed by atoms with Gasteiger partial charge in [0, 0.05) is 25.3 Å². The van der Waals surface area contributed by atoms with Gasteiger partial charge >= 0.3 is 0 Å². The number of nitrogens with zero attached hydrogens (tertiary/aromatic N) is 1. The fourth-order valence-electron chi connectivity index (χ4n) is 1.81. The highest BCUT2D eigenvalue weighted by Gasteiger charge is 2.15. The summed E-state index contributed by atoms with van der Waals surface area (Å²) in [5.74, 6) is -0.0668. The molecule has 106 valence electrons. The van der Waals surface area contributed by atoms with E-state index in [9.17, 15) is 4.79 Å². The summed E-state index contributed by atoms with van der Waals surface area (Å²) in [6.45, 7) is 3.96. The first-order valence-electron chi connectivity index (χ1n) is 6.67. The minimum Gasteiger partial charge on any atom is -0.382 e. The smallest absolute Gasteiger partial charge is 0.263 e. The zero-order valence-electron chi connectivity index (χ0n) is 11.5. The lowest BCUT2D eigenvalue weighted by atomic mass is 10.1. The fourth-order valence-corrected chi connectivity index (χ4v) is 2.53. The van der Waals surface area contributed by atoms with Crippen molar-refractivity contribution >= 4 is 17.2 Å². The van der Waals surface area contributed by atoms with Gasteiger partial charge in [0.05, 0.1) is 11.2 Å². The standard InChI is InChI=1S/C15H18N2O2S/c1-2-19-10-6-9-16-15(18)14-13(17-11-20-14)12-7-4-3-5-8-12/h3-5,7-8,11H,2,6,9-10H2,1H3,(H,16,18). The lowest BCUT2D eigenvalue weighted by molar-refractivity contribution is 0.0948. The van der Waals surface area contributed by atoms with Crippen LogP contribution in [0.25, 0.3) is 11.3 Å². The molecule has 4 nitrogen and oxygen atoms in total. The Kier molecular flexibility index (Phi) is 5.70. The van der Waals surface area contributed by atoms with Crippen molar-refractivity contribution in [3.63, 3.8) is 0 Å². The molecular formula is C15H18N2O2S. The summed E-state index contributed by atoms with van der Waals surface area (Å²) < 4.78 is 5.24. The van der Waals surface area contributed by atoms with Crippen LogP contribution in [-0.4, -0.2) is 30.6 Å². The van der Waals surface area contributed by atoms with E-state index >= 15 is 0 Å². The molecule has 5 heteroatoms. The summed E-state index contributed by atoms with van der Waals surface area (Å²) in [4.78, 5) is 17.1. The van der Waals surface area contributed by atoms with Crippen molar-refractivity contribution in [1.82, 2.24) is 10.3 Å². The van der Waals surface area contributed by atoms with E-state index in [1.807, 2.05) is 37.3 Å². The third-order valence-corrected chi connectivity index (χ3v) is 3.60. The van der Waals surface area contributed by atoms with E-state index in [0.717, 1.165) is 17.7 Å². The molecule has 0 aliphatic carbocycles. The van der Waals surface area contributed by atoms with Crippen LogP contribution in [0.1, 0.15) is 23.0 Å². The van der Waals surface area contributed by atoms with Gasteiger partial charge < -0.3 is 10.1 Å². The minimum atomic E-state index is -0.0668. The van der Waals surface area contributed by atoms with E-state index in [4.69, 9.17) is 4.74 Å². The van der Waals surface area contributed by atoms with Gasteiger partial charge in [0.15, 0.2) is 0 Å². The molecule has 1 aromatic heterocycles. The zero-order chi connectivity index (χ0) is 14.2. The number of nitrogens with one attached hydrogen (secondary N) is 1. The van der Waals surface area contributed by atoms with E-state index in [1.165, 1.54) is 11.3 Å². The van der Waals surface area contributed by atoms with Crippen LogP contribution in [0, 0.1) is 0 Å². The number of aromatic nitrogens is 1. The van der Waals surface area contributed by atoms with Crippen molar-refractivity contribution in [1.29, 1.82) is 0 Å². The third-order valence-electron chi connectivity index (χ3n) is 2.78. The Morgan fingerprint density at radius 1 is 1.35 bits per heavy atom. The SMILES string of the molecule is CCOCCCNC(=O)c1scnc1-c1ccccc1. The highest BCUT2D eigenvalue weighted by Crippen LogP contribution is 2.24. The maximum Gasteiger partial charge on any atom is 0.263 e. The van der Waals surface area contributed by atoms with Crippen molar-refractivity contribution in [2.75, 3.05) is 19.8 Å². The van der Waals surface area contributed by atoms with Crippen molar-refractivity contribution in [3.05, 3.63) is 40.7 Å². The lowest BCUT2D eigenvalue weighted by Gasteiger charge is -2.05. The van der Waals surface area contributed by atoms with E-state index in [2.05, 4.69) is 10.3 Å². The normalized spacial score (nSPS) is 10.4. The Labute approximate surface area is 122 Å². The molecule has 0 saturated carbocycles. The van der Waals surface area contributed by atoms with Crippen LogP contribution in [0.15, 0.2) is 35.8 Å². The molecule has 0 spiro atoms. The Morgan fingerprint density at radius 3 is 2.90 bits per heavy atom. The van der Waals surface area contributed by atoms with Gasteiger partial charge in [-0.05, 0) is 13.3 Å². The minimum absolute atomic E-state index is 0.0668. The Balaban J connectivity index is 1.96. The van der Waals surface area contributed by atoms with Crippen LogP contribution in [0.3, 0.4) is 0 Å². The molecule has 2 rings (SSSR count). The van der Waals surface area contributed by atoms with Gasteiger partial charge in [-0.25, -0.2) is 4.98 Å². The molecule has 0 atom stereocenters. The monoisotopic (exact) mass is 290 g/mol. The number of rotatable bonds is 7. The lowest BCUT2D eigenvalue weighted by Crippen LogP contribution is -2.25. The number of amides is 1. The molecule has 1 amide bonds. The van der Waals surface area contributed by atoms with Gasteiger partial charge in [0.2, 0.25) is 0 Å². The summed E-state index contributed by atoms with van der Waals surface area (Å²) in [6, 6.07) is 9.75. The number of benzene rings is 1. The summed E-state index contributed by atoms with van der Waals surface area (Å²) in [5, 5.41) is 2.91. The zero-order valence-corrected chi connectivity index (χ0v) is 12.3. The van der Waals surface area contributed by atoms with Crippen molar-refractivity contribution in [2.45, 2.75) is 13.3 Å². The number of ether oxygens (including phenoxy) is 1. The number of thiazole rings is 1. The maximum absolute atomic E-state index is 12.2. The Bertz CT molecular complexity index is 540. The van der Waals surface area contributed by atoms with Gasteiger partial charge in [-0.3, -0.25) is 4.79 Å². The highest BCUT2D eigenvalue weighted by atomic mass is 32.1. The Morgan fingerprint density at radius 2 is 2.15 bits per heavy atom. The Hall–Kier alpha value is -1.72. The van der Waals surface area contributed by atoms with Crippen molar-refractivity contribution in [2.24, 2.45) is 0 Å². The molecular weight excluding hydrogens is 272 g/mol. The highest BCUT2D eigenvalue weighted by molar-refractivity contribution is 7.12. The fraction of sp³-hybridized carbons (Fsp3) is 0.333. The number of hydrogen-bond donors (Lipinski definition) is 1. The maximum atomic E-state index is 12.2. The van der Waals surface area contributed by atoms with E-state index in [1.54, 1.807) is 5.51 Å². The van der Waals surface area contributed by atoms with Gasteiger partial charge in [0.25, 0.3) is 5.91 Å². The first kappa shape index (κ1) is 14.7. The quantitative estimate of drug-likeness (QED) is 0.798. The molecule has 2 aromatic rings. The average Bonchev–Trinajstić information content (AvgIpc) is 2.97. The molecule has 1 heterocycles. The number of carbonyl (C=O) groups excluding carboxylic acids is 1. The molecule has 0 aliphatic heterocycles. The second kappa shape index (κ2) is 7.77. The van der Waals surface area contributed by atoms with Crippen molar-refractivity contribution in [3.8, 4) is 11.3 Å². The first-order chi connectivity index (χ1) is 9.83. The average molecular weight is 290 g/mol. The third kappa shape index (κ3) is 3.88. The predicted molar refractivity (Wildman–Crippen MR) is 81.0 cm³/mol. The van der Waals surface area contributed by atoms with Crippen LogP contribution in [0.4, 0.5) is 0 Å². The molecule has 1 aromatic carbocycles. The van der Waals surface area contributed by atoms with Gasteiger partial charge in [0.1, 0.15) is 4.88 Å². The van der Waals surface area contributed by atoms with Gasteiger partial charge in [-0.15, -0.1) is 11.3 Å². The van der Waals surface area contributed by atoms with Crippen LogP contribution >= 0.6 is 11.3 Å².